The lowest BCUT2D eigenvalue weighted by molar-refractivity contribution is -0.118. The summed E-state index contributed by atoms with van der Waals surface area (Å²) >= 11 is 0. The van der Waals surface area contributed by atoms with Gasteiger partial charge in [0.1, 0.15) is 24.9 Å². The summed E-state index contributed by atoms with van der Waals surface area (Å²) in [6.07, 6.45) is -2.16. The van der Waals surface area contributed by atoms with Crippen LogP contribution in [0.3, 0.4) is 0 Å². The third-order valence-electron chi connectivity index (χ3n) is 4.97. The average Bonchev–Trinajstić information content (AvgIpc) is 3.35. The number of nitriles is 1. The SMILES string of the molecule is COCCO[C@H]1C(O)[C@@H](CO)O[C@H]1n1cnc2c(OCCC#N)nc(NC(=O)C(C)C)nc21. The van der Waals surface area contributed by atoms with Crippen molar-refractivity contribution >= 4 is 23.0 Å². The molecule has 4 atom stereocenters. The van der Waals surface area contributed by atoms with Crippen LogP contribution >= 0.6 is 0 Å². The van der Waals surface area contributed by atoms with Crippen LogP contribution in [0.4, 0.5) is 5.95 Å². The van der Waals surface area contributed by atoms with Crippen LogP contribution in [0, 0.1) is 17.2 Å². The molecule has 1 amide bonds. The van der Waals surface area contributed by atoms with E-state index in [9.17, 15) is 15.0 Å². The van der Waals surface area contributed by atoms with Crippen LogP contribution in [-0.4, -0.2) is 87.5 Å². The van der Waals surface area contributed by atoms with Gasteiger partial charge in [-0.25, -0.2) is 4.98 Å². The van der Waals surface area contributed by atoms with Crippen LogP contribution in [0.2, 0.25) is 0 Å². The van der Waals surface area contributed by atoms with Gasteiger partial charge < -0.3 is 29.2 Å². The number of ether oxygens (including phenoxy) is 4. The number of carbonyl (C=O) groups is 1. The van der Waals surface area contributed by atoms with Crippen LogP contribution in [0.15, 0.2) is 6.33 Å². The molecule has 3 heterocycles. The second-order valence-corrected chi connectivity index (χ2v) is 7.64. The average molecular weight is 464 g/mol. The molecular formula is C20H28N6O7. The number of methoxy groups -OCH3 is 1. The molecule has 1 aliphatic rings. The molecule has 1 saturated heterocycles. The smallest absolute Gasteiger partial charge is 0.247 e. The molecule has 180 valence electrons. The van der Waals surface area contributed by atoms with E-state index in [0.717, 1.165) is 0 Å². The Morgan fingerprint density at radius 3 is 2.82 bits per heavy atom. The lowest BCUT2D eigenvalue weighted by Crippen LogP contribution is -2.36. The summed E-state index contributed by atoms with van der Waals surface area (Å²) in [6, 6.07) is 1.98. The molecule has 13 nitrogen and oxygen atoms in total. The van der Waals surface area contributed by atoms with E-state index in [1.807, 2.05) is 6.07 Å². The van der Waals surface area contributed by atoms with Crippen LogP contribution in [-0.2, 0) is 19.0 Å². The molecular weight excluding hydrogens is 436 g/mol. The number of hydrogen-bond acceptors (Lipinski definition) is 11. The summed E-state index contributed by atoms with van der Waals surface area (Å²) < 4.78 is 23.7. The van der Waals surface area contributed by atoms with E-state index in [0.29, 0.717) is 6.61 Å². The Balaban J connectivity index is 2.01. The van der Waals surface area contributed by atoms with Crippen molar-refractivity contribution < 1.29 is 34.0 Å². The lowest BCUT2D eigenvalue weighted by atomic mass is 10.1. The molecule has 3 N–H and O–H groups in total. The van der Waals surface area contributed by atoms with Gasteiger partial charge in [-0.3, -0.25) is 14.7 Å². The number of carbonyl (C=O) groups excluding carboxylic acids is 1. The van der Waals surface area contributed by atoms with E-state index >= 15 is 0 Å². The summed E-state index contributed by atoms with van der Waals surface area (Å²) in [4.78, 5) is 25.2. The van der Waals surface area contributed by atoms with Crippen molar-refractivity contribution in [2.45, 2.75) is 44.8 Å². The molecule has 33 heavy (non-hydrogen) atoms. The number of nitrogens with zero attached hydrogens (tertiary/aromatic N) is 5. The van der Waals surface area contributed by atoms with Gasteiger partial charge in [-0.2, -0.15) is 15.2 Å². The van der Waals surface area contributed by atoms with Gasteiger partial charge in [0, 0.05) is 13.0 Å². The number of anilines is 1. The fourth-order valence-electron chi connectivity index (χ4n) is 3.22. The fraction of sp³-hybridized carbons (Fsp3) is 0.650. The molecule has 2 aromatic heterocycles. The molecule has 13 heteroatoms. The summed E-state index contributed by atoms with van der Waals surface area (Å²) in [5.74, 6) is -0.530. The Morgan fingerprint density at radius 1 is 1.36 bits per heavy atom. The molecule has 0 aromatic carbocycles. The number of amides is 1. The molecule has 1 fully saturated rings. The minimum absolute atomic E-state index is 0.0102. The Labute approximate surface area is 190 Å². The van der Waals surface area contributed by atoms with Crippen molar-refractivity contribution in [3.05, 3.63) is 6.33 Å². The molecule has 0 saturated carbocycles. The van der Waals surface area contributed by atoms with Crippen molar-refractivity contribution in [1.82, 2.24) is 19.5 Å². The van der Waals surface area contributed by atoms with Crippen LogP contribution in [0.25, 0.3) is 11.2 Å². The standard InChI is InChI=1S/C20H28N6O7/c1-11(2)17(29)24-20-23-16-13(18(25-20)32-6-4-5-21)22-10-26(16)19-15(31-8-7-30-3)14(28)12(9-27)33-19/h10-12,14-15,19,27-28H,4,6-9H2,1-3H3,(H,23,24,25,29)/t12-,14?,15+,19-/m1/s1. The van der Waals surface area contributed by atoms with Crippen molar-refractivity contribution in [3.8, 4) is 11.9 Å². The Kier molecular flexibility index (Phi) is 8.48. The van der Waals surface area contributed by atoms with Crippen LogP contribution in [0.5, 0.6) is 5.88 Å². The second-order valence-electron chi connectivity index (χ2n) is 7.64. The molecule has 0 spiro atoms. The minimum atomic E-state index is -1.11. The van der Waals surface area contributed by atoms with Gasteiger partial charge in [0.05, 0.1) is 38.6 Å². The summed E-state index contributed by atoms with van der Waals surface area (Å²) in [5.41, 5.74) is 0.531. The Hall–Kier alpha value is -2.89. The highest BCUT2D eigenvalue weighted by Gasteiger charge is 2.46. The van der Waals surface area contributed by atoms with Crippen molar-refractivity contribution in [2.24, 2.45) is 5.92 Å². The molecule has 0 radical (unpaired) electrons. The minimum Gasteiger partial charge on any atom is -0.475 e. The predicted octanol–water partition coefficient (Wildman–Crippen LogP) is -0.00452. The Morgan fingerprint density at radius 2 is 2.15 bits per heavy atom. The topological polar surface area (TPSA) is 174 Å². The Bertz CT molecular complexity index is 991. The molecule has 0 aliphatic carbocycles. The van der Waals surface area contributed by atoms with E-state index in [1.165, 1.54) is 18.0 Å². The summed E-state index contributed by atoms with van der Waals surface area (Å²) in [7, 11) is 1.53. The zero-order valence-electron chi connectivity index (χ0n) is 18.7. The second kappa shape index (κ2) is 11.3. The highest BCUT2D eigenvalue weighted by Crippen LogP contribution is 2.35. The third kappa shape index (κ3) is 5.55. The first-order valence-electron chi connectivity index (χ1n) is 10.5. The summed E-state index contributed by atoms with van der Waals surface area (Å²) in [6.45, 7) is 3.61. The first kappa shape index (κ1) is 24.7. The number of aliphatic hydroxyl groups excluding tert-OH is 2. The lowest BCUT2D eigenvalue weighted by Gasteiger charge is -2.22. The number of fused-ring (bicyclic) bond motifs is 1. The van der Waals surface area contributed by atoms with E-state index in [1.54, 1.807) is 13.8 Å². The van der Waals surface area contributed by atoms with Gasteiger partial charge in [-0.05, 0) is 0 Å². The number of aromatic nitrogens is 4. The predicted molar refractivity (Wildman–Crippen MR) is 113 cm³/mol. The van der Waals surface area contributed by atoms with E-state index < -0.39 is 31.1 Å². The normalized spacial score (nSPS) is 22.6. The highest BCUT2D eigenvalue weighted by molar-refractivity contribution is 5.91. The van der Waals surface area contributed by atoms with Gasteiger partial charge in [-0.15, -0.1) is 0 Å². The van der Waals surface area contributed by atoms with Crippen molar-refractivity contribution in [3.63, 3.8) is 0 Å². The maximum atomic E-state index is 12.2. The van der Waals surface area contributed by atoms with Gasteiger partial charge in [0.25, 0.3) is 0 Å². The molecule has 1 unspecified atom stereocenters. The van der Waals surface area contributed by atoms with E-state index in [4.69, 9.17) is 24.2 Å². The zero-order chi connectivity index (χ0) is 24.0. The van der Waals surface area contributed by atoms with Crippen molar-refractivity contribution in [1.29, 1.82) is 5.26 Å². The number of imidazole rings is 1. The number of nitrogens with one attached hydrogen (secondary N) is 1. The van der Waals surface area contributed by atoms with E-state index in [-0.39, 0.29) is 54.5 Å². The van der Waals surface area contributed by atoms with Gasteiger partial charge >= 0.3 is 0 Å². The first-order valence-corrected chi connectivity index (χ1v) is 10.5. The third-order valence-corrected chi connectivity index (χ3v) is 4.97. The van der Waals surface area contributed by atoms with Gasteiger partial charge in [-0.1, -0.05) is 13.8 Å². The van der Waals surface area contributed by atoms with Gasteiger partial charge in [0.15, 0.2) is 17.4 Å². The largest absolute Gasteiger partial charge is 0.475 e. The zero-order valence-corrected chi connectivity index (χ0v) is 18.7. The number of aliphatic hydroxyl groups is 2. The quantitative estimate of drug-likeness (QED) is 0.382. The summed E-state index contributed by atoms with van der Waals surface area (Å²) in [5, 5.41) is 31.6. The molecule has 2 aromatic rings. The maximum absolute atomic E-state index is 12.2. The number of rotatable bonds is 11. The van der Waals surface area contributed by atoms with Gasteiger partial charge in [0.2, 0.25) is 17.7 Å². The number of hydrogen-bond donors (Lipinski definition) is 3. The van der Waals surface area contributed by atoms with E-state index in [2.05, 4.69) is 20.3 Å². The molecule has 0 bridgehead atoms. The first-order chi connectivity index (χ1) is 15.9. The molecule has 1 aliphatic heterocycles. The van der Waals surface area contributed by atoms with Crippen LogP contribution < -0.4 is 10.1 Å². The maximum Gasteiger partial charge on any atom is 0.247 e. The van der Waals surface area contributed by atoms with Crippen molar-refractivity contribution in [2.75, 3.05) is 38.9 Å². The monoisotopic (exact) mass is 464 g/mol. The highest BCUT2D eigenvalue weighted by atomic mass is 16.6. The molecule has 3 rings (SSSR count). The fourth-order valence-corrected chi connectivity index (χ4v) is 3.22. The van der Waals surface area contributed by atoms with Crippen LogP contribution in [0.1, 0.15) is 26.5 Å².